The van der Waals surface area contributed by atoms with Crippen molar-refractivity contribution in [3.05, 3.63) is 33.9 Å². The minimum Gasteiger partial charge on any atom is -0.382 e. The van der Waals surface area contributed by atoms with E-state index in [9.17, 15) is 15.4 Å². The number of hydrogen-bond donors (Lipinski definition) is 1. The number of nitriles is 1. The second-order valence-electron chi connectivity index (χ2n) is 6.56. The van der Waals surface area contributed by atoms with E-state index in [2.05, 4.69) is 36.0 Å². The number of non-ortho nitro benzene ring substituents is 1. The predicted molar refractivity (Wildman–Crippen MR) is 89.5 cm³/mol. The highest BCUT2D eigenvalue weighted by Crippen LogP contribution is 2.23. The lowest BCUT2D eigenvalue weighted by Crippen LogP contribution is -2.56. The van der Waals surface area contributed by atoms with Crippen LogP contribution in [0.4, 0.5) is 11.4 Å². The molecule has 0 saturated carbocycles. The molecule has 0 bridgehead atoms. The molecule has 0 radical (unpaired) electrons. The molecule has 0 amide bonds. The first-order valence-electron chi connectivity index (χ1n) is 7.69. The highest BCUT2D eigenvalue weighted by molar-refractivity contribution is 5.61. The summed E-state index contributed by atoms with van der Waals surface area (Å²) in [7, 11) is 2.12. The summed E-state index contributed by atoms with van der Waals surface area (Å²) in [4.78, 5) is 15.0. The van der Waals surface area contributed by atoms with E-state index in [0.29, 0.717) is 17.8 Å². The molecule has 0 aliphatic carbocycles. The Hall–Kier alpha value is -2.17. The highest BCUT2D eigenvalue weighted by Gasteiger charge is 2.29. The zero-order chi connectivity index (χ0) is 17.0. The van der Waals surface area contributed by atoms with Crippen molar-refractivity contribution in [2.75, 3.05) is 45.1 Å². The first-order valence-corrected chi connectivity index (χ1v) is 7.69. The van der Waals surface area contributed by atoms with Gasteiger partial charge in [0, 0.05) is 50.4 Å². The van der Waals surface area contributed by atoms with E-state index < -0.39 is 4.92 Å². The van der Waals surface area contributed by atoms with Gasteiger partial charge in [0.2, 0.25) is 0 Å². The molecule has 1 aliphatic heterocycles. The Morgan fingerprint density at radius 3 is 2.57 bits per heavy atom. The molecule has 7 nitrogen and oxygen atoms in total. The van der Waals surface area contributed by atoms with Crippen molar-refractivity contribution >= 4 is 11.4 Å². The Balaban J connectivity index is 2.05. The van der Waals surface area contributed by atoms with Crippen molar-refractivity contribution < 1.29 is 4.92 Å². The van der Waals surface area contributed by atoms with Crippen molar-refractivity contribution in [1.29, 1.82) is 5.26 Å². The molecule has 1 aromatic carbocycles. The van der Waals surface area contributed by atoms with E-state index in [0.717, 1.165) is 26.2 Å². The molecular formula is C16H23N5O2. The standard InChI is InChI=1S/C16H23N5O2/c1-16(2,20-8-6-19(3)7-9-20)12-18-15-5-4-14(21(22)23)10-13(15)11-17/h4-5,10,18H,6-9,12H2,1-3H3. The van der Waals surface area contributed by atoms with Crippen LogP contribution < -0.4 is 5.32 Å². The van der Waals surface area contributed by atoms with E-state index in [-0.39, 0.29) is 11.2 Å². The maximum absolute atomic E-state index is 10.8. The summed E-state index contributed by atoms with van der Waals surface area (Å²) >= 11 is 0. The number of rotatable bonds is 5. The molecule has 0 aromatic heterocycles. The quantitative estimate of drug-likeness (QED) is 0.659. The number of nitro groups is 1. The maximum atomic E-state index is 10.8. The first-order chi connectivity index (χ1) is 10.8. The van der Waals surface area contributed by atoms with E-state index in [4.69, 9.17) is 0 Å². The fourth-order valence-corrected chi connectivity index (χ4v) is 2.73. The molecule has 7 heteroatoms. The fourth-order valence-electron chi connectivity index (χ4n) is 2.73. The fraction of sp³-hybridized carbons (Fsp3) is 0.562. The monoisotopic (exact) mass is 317 g/mol. The van der Waals surface area contributed by atoms with E-state index >= 15 is 0 Å². The number of hydrogen-bond acceptors (Lipinski definition) is 6. The lowest BCUT2D eigenvalue weighted by Gasteiger charge is -2.43. The van der Waals surface area contributed by atoms with Crippen molar-refractivity contribution in [2.45, 2.75) is 19.4 Å². The summed E-state index contributed by atoms with van der Waals surface area (Å²) in [6.07, 6.45) is 0. The second kappa shape index (κ2) is 6.94. The van der Waals surface area contributed by atoms with Gasteiger partial charge in [-0.25, -0.2) is 0 Å². The van der Waals surface area contributed by atoms with Gasteiger partial charge >= 0.3 is 0 Å². The van der Waals surface area contributed by atoms with Crippen molar-refractivity contribution in [3.8, 4) is 6.07 Å². The Bertz CT molecular complexity index is 615. The lowest BCUT2D eigenvalue weighted by atomic mass is 10.0. The summed E-state index contributed by atoms with van der Waals surface area (Å²) in [6.45, 7) is 9.12. The van der Waals surface area contributed by atoms with Crippen LogP contribution in [0.5, 0.6) is 0 Å². The SMILES string of the molecule is CN1CCN(C(C)(C)CNc2ccc([N+](=O)[O-])cc2C#N)CC1. The Kier molecular flexibility index (Phi) is 5.19. The molecule has 0 atom stereocenters. The van der Waals surface area contributed by atoms with Crippen LogP contribution in [0.15, 0.2) is 18.2 Å². The Labute approximate surface area is 136 Å². The maximum Gasteiger partial charge on any atom is 0.270 e. The van der Waals surface area contributed by atoms with Crippen LogP contribution in [-0.4, -0.2) is 60.0 Å². The average Bonchev–Trinajstić information content (AvgIpc) is 2.53. The van der Waals surface area contributed by atoms with Gasteiger partial charge in [0.1, 0.15) is 6.07 Å². The molecule has 1 saturated heterocycles. The molecule has 1 N–H and O–H groups in total. The van der Waals surface area contributed by atoms with Crippen LogP contribution in [0, 0.1) is 21.4 Å². The minimum atomic E-state index is -0.487. The summed E-state index contributed by atoms with van der Waals surface area (Å²) < 4.78 is 0. The van der Waals surface area contributed by atoms with Gasteiger partial charge in [-0.3, -0.25) is 15.0 Å². The second-order valence-corrected chi connectivity index (χ2v) is 6.56. The van der Waals surface area contributed by atoms with E-state index in [1.807, 2.05) is 6.07 Å². The minimum absolute atomic E-state index is 0.0598. The van der Waals surface area contributed by atoms with Crippen molar-refractivity contribution in [3.63, 3.8) is 0 Å². The molecule has 1 aromatic rings. The number of likely N-dealkylation sites (N-methyl/N-ethyl adjacent to an activating group) is 1. The van der Waals surface area contributed by atoms with Crippen LogP contribution in [-0.2, 0) is 0 Å². The van der Waals surface area contributed by atoms with Crippen LogP contribution >= 0.6 is 0 Å². The molecule has 0 spiro atoms. The van der Waals surface area contributed by atoms with Gasteiger partial charge < -0.3 is 10.2 Å². The molecule has 1 fully saturated rings. The van der Waals surface area contributed by atoms with Crippen LogP contribution in [0.3, 0.4) is 0 Å². The number of nitrogens with zero attached hydrogens (tertiary/aromatic N) is 4. The van der Waals surface area contributed by atoms with Gasteiger partial charge in [0.25, 0.3) is 5.69 Å². The number of benzene rings is 1. The van der Waals surface area contributed by atoms with Crippen molar-refractivity contribution in [2.24, 2.45) is 0 Å². The van der Waals surface area contributed by atoms with E-state index in [1.165, 1.54) is 12.1 Å². The molecule has 23 heavy (non-hydrogen) atoms. The highest BCUT2D eigenvalue weighted by atomic mass is 16.6. The topological polar surface area (TPSA) is 85.4 Å². The summed E-state index contributed by atoms with van der Waals surface area (Å²) in [6, 6.07) is 6.37. The first kappa shape index (κ1) is 17.2. The van der Waals surface area contributed by atoms with Crippen LogP contribution in [0.25, 0.3) is 0 Å². The van der Waals surface area contributed by atoms with Gasteiger partial charge in [-0.05, 0) is 27.0 Å². The number of nitrogens with one attached hydrogen (secondary N) is 1. The predicted octanol–water partition coefficient (Wildman–Crippen LogP) is 1.90. The third-order valence-electron chi connectivity index (χ3n) is 4.41. The zero-order valence-corrected chi connectivity index (χ0v) is 13.9. The van der Waals surface area contributed by atoms with Gasteiger partial charge in [-0.2, -0.15) is 5.26 Å². The summed E-state index contributed by atoms with van der Waals surface area (Å²) in [5.41, 5.74) is 0.814. The molecule has 124 valence electrons. The molecule has 2 rings (SSSR count). The molecular weight excluding hydrogens is 294 g/mol. The van der Waals surface area contributed by atoms with Crippen molar-refractivity contribution in [1.82, 2.24) is 9.80 Å². The Morgan fingerprint density at radius 2 is 2.00 bits per heavy atom. The van der Waals surface area contributed by atoms with Crippen LogP contribution in [0.2, 0.25) is 0 Å². The molecule has 0 unspecified atom stereocenters. The lowest BCUT2D eigenvalue weighted by molar-refractivity contribution is -0.384. The number of piperazine rings is 1. The molecule has 1 aliphatic rings. The third kappa shape index (κ3) is 4.18. The normalized spacial score (nSPS) is 16.8. The average molecular weight is 317 g/mol. The van der Waals surface area contributed by atoms with Crippen LogP contribution in [0.1, 0.15) is 19.4 Å². The summed E-state index contributed by atoms with van der Waals surface area (Å²) in [5, 5.41) is 23.3. The van der Waals surface area contributed by atoms with Gasteiger partial charge in [-0.1, -0.05) is 0 Å². The largest absolute Gasteiger partial charge is 0.382 e. The number of anilines is 1. The van der Waals surface area contributed by atoms with Gasteiger partial charge in [0.15, 0.2) is 0 Å². The molecule has 1 heterocycles. The summed E-state index contributed by atoms with van der Waals surface area (Å²) in [5.74, 6) is 0. The van der Waals surface area contributed by atoms with Gasteiger partial charge in [-0.15, -0.1) is 0 Å². The zero-order valence-electron chi connectivity index (χ0n) is 13.9. The smallest absolute Gasteiger partial charge is 0.270 e. The van der Waals surface area contributed by atoms with Gasteiger partial charge in [0.05, 0.1) is 16.2 Å². The Morgan fingerprint density at radius 1 is 1.35 bits per heavy atom. The van der Waals surface area contributed by atoms with E-state index in [1.54, 1.807) is 6.07 Å². The third-order valence-corrected chi connectivity index (χ3v) is 4.41. The number of nitro benzene ring substituents is 1.